The van der Waals surface area contributed by atoms with E-state index in [4.69, 9.17) is 4.74 Å². The number of ether oxygens (including phenoxy) is 1. The first-order valence-corrected chi connectivity index (χ1v) is 17.6. The topological polar surface area (TPSA) is 90.2 Å². The smallest absolute Gasteiger partial charge is 0.120 e. The maximum atomic E-state index is 11.9. The maximum Gasteiger partial charge on any atom is 0.120 e. The Morgan fingerprint density at radius 1 is 0.551 bits per heavy atom. The van der Waals surface area contributed by atoms with Crippen LogP contribution in [0.2, 0.25) is 0 Å². The van der Waals surface area contributed by atoms with Crippen LogP contribution < -0.4 is 4.74 Å². The van der Waals surface area contributed by atoms with Gasteiger partial charge in [0.1, 0.15) is 28.7 Å². The summed E-state index contributed by atoms with van der Waals surface area (Å²) in [6.07, 6.45) is 1.86. The van der Waals surface area contributed by atoms with Crippen molar-refractivity contribution >= 4 is 0 Å². The molecule has 49 heavy (non-hydrogen) atoms. The Labute approximate surface area is 289 Å². The molecule has 0 aliphatic heterocycles. The molecule has 5 aromatic carbocycles. The molecule has 6 unspecified atom stereocenters. The lowest BCUT2D eigenvalue weighted by molar-refractivity contribution is 0.414. The van der Waals surface area contributed by atoms with Gasteiger partial charge in [-0.2, -0.15) is 0 Å². The Balaban J connectivity index is 1.38. The molecule has 0 spiro atoms. The van der Waals surface area contributed by atoms with E-state index in [0.29, 0.717) is 0 Å². The van der Waals surface area contributed by atoms with Crippen LogP contribution in [0.1, 0.15) is 132 Å². The number of aromatic hydroxyl groups is 4. The number of phenolic OH excluding ortho intramolecular Hbond substituents is 4. The van der Waals surface area contributed by atoms with E-state index in [1.54, 1.807) is 31.4 Å². The molecule has 0 fully saturated rings. The van der Waals surface area contributed by atoms with Crippen LogP contribution in [0.25, 0.3) is 0 Å². The summed E-state index contributed by atoms with van der Waals surface area (Å²) < 4.78 is 5.50. The number of rotatable bonds is 8. The van der Waals surface area contributed by atoms with Crippen LogP contribution in [-0.4, -0.2) is 27.5 Å². The number of benzene rings is 5. The van der Waals surface area contributed by atoms with Crippen molar-refractivity contribution in [1.29, 1.82) is 0 Å². The molecule has 7 rings (SSSR count). The molecule has 5 heteroatoms. The summed E-state index contributed by atoms with van der Waals surface area (Å²) in [5.74, 6) is 2.52. The van der Waals surface area contributed by atoms with Crippen molar-refractivity contribution in [2.24, 2.45) is 0 Å². The molecule has 0 aromatic heterocycles. The lowest BCUT2D eigenvalue weighted by atomic mass is 9.79. The van der Waals surface area contributed by atoms with Gasteiger partial charge in [0.15, 0.2) is 0 Å². The van der Waals surface area contributed by atoms with Crippen molar-refractivity contribution in [3.8, 4) is 28.7 Å². The third-order valence-corrected chi connectivity index (χ3v) is 11.7. The third kappa shape index (κ3) is 5.50. The van der Waals surface area contributed by atoms with Crippen LogP contribution in [0, 0.1) is 0 Å². The fraction of sp³-hybridized carbons (Fsp3) is 0.318. The second kappa shape index (κ2) is 12.9. The zero-order valence-corrected chi connectivity index (χ0v) is 28.9. The molecule has 0 heterocycles. The van der Waals surface area contributed by atoms with Crippen LogP contribution in [0.4, 0.5) is 0 Å². The van der Waals surface area contributed by atoms with Gasteiger partial charge in [0.25, 0.3) is 0 Å². The molecule has 2 aliphatic rings. The van der Waals surface area contributed by atoms with Gasteiger partial charge in [-0.15, -0.1) is 0 Å². The van der Waals surface area contributed by atoms with E-state index in [9.17, 15) is 20.4 Å². The minimum absolute atomic E-state index is 0.181. The average Bonchev–Trinajstić information content (AvgIpc) is 3.54. The van der Waals surface area contributed by atoms with Crippen LogP contribution in [0.3, 0.4) is 0 Å². The van der Waals surface area contributed by atoms with Crippen molar-refractivity contribution in [2.45, 2.75) is 82.0 Å². The molecule has 0 radical (unpaired) electrons. The average molecular weight is 655 g/mol. The lowest BCUT2D eigenvalue weighted by Crippen LogP contribution is -2.09. The first-order chi connectivity index (χ1) is 23.6. The predicted molar refractivity (Wildman–Crippen MR) is 195 cm³/mol. The fourth-order valence-corrected chi connectivity index (χ4v) is 9.35. The SMILES string of the molecule is CCC1c2cc(C(c3ccc(OC)cc3)c3cc4c(cc3O)C(C)C(c3ccc(O)cc3)C4CC)c(O)cc2C(C)C1c1ccc(O)cc1. The van der Waals surface area contributed by atoms with Gasteiger partial charge in [-0.25, -0.2) is 0 Å². The van der Waals surface area contributed by atoms with Crippen molar-refractivity contribution in [2.75, 3.05) is 7.11 Å². The molecular weight excluding hydrogens is 608 g/mol. The van der Waals surface area contributed by atoms with Gasteiger partial charge >= 0.3 is 0 Å². The van der Waals surface area contributed by atoms with Gasteiger partial charge in [-0.05, 0) is 136 Å². The highest BCUT2D eigenvalue weighted by Gasteiger charge is 2.42. The molecule has 6 atom stereocenters. The highest BCUT2D eigenvalue weighted by Crippen LogP contribution is 2.58. The maximum absolute atomic E-state index is 11.9. The summed E-state index contributed by atoms with van der Waals surface area (Å²) in [4.78, 5) is 0. The van der Waals surface area contributed by atoms with E-state index >= 15 is 0 Å². The van der Waals surface area contributed by atoms with E-state index in [-0.39, 0.29) is 58.5 Å². The van der Waals surface area contributed by atoms with E-state index < -0.39 is 5.92 Å². The minimum Gasteiger partial charge on any atom is -0.508 e. The highest BCUT2D eigenvalue weighted by atomic mass is 16.5. The van der Waals surface area contributed by atoms with Gasteiger partial charge in [-0.1, -0.05) is 76.2 Å². The van der Waals surface area contributed by atoms with Crippen LogP contribution >= 0.6 is 0 Å². The summed E-state index contributed by atoms with van der Waals surface area (Å²) in [5.41, 5.74) is 9.61. The zero-order chi connectivity index (χ0) is 34.6. The molecule has 5 aromatic rings. The molecular formula is C44H46O5. The van der Waals surface area contributed by atoms with Gasteiger partial charge < -0.3 is 25.2 Å². The number of methoxy groups -OCH3 is 1. The molecule has 5 nitrogen and oxygen atoms in total. The summed E-state index contributed by atoms with van der Waals surface area (Å²) in [6.45, 7) is 8.90. The largest absolute Gasteiger partial charge is 0.508 e. The van der Waals surface area contributed by atoms with E-state index in [1.165, 1.54) is 22.3 Å². The van der Waals surface area contributed by atoms with Crippen LogP contribution in [0.5, 0.6) is 28.7 Å². The highest BCUT2D eigenvalue weighted by molar-refractivity contribution is 5.61. The second-order valence-corrected chi connectivity index (χ2v) is 14.1. The number of hydrogen-bond donors (Lipinski definition) is 4. The number of phenols is 4. The molecule has 0 bridgehead atoms. The predicted octanol–water partition coefficient (Wildman–Crippen LogP) is 10.5. The quantitative estimate of drug-likeness (QED) is 0.125. The summed E-state index contributed by atoms with van der Waals surface area (Å²) in [5, 5.41) is 43.8. The Morgan fingerprint density at radius 2 is 0.959 bits per heavy atom. The molecule has 4 N–H and O–H groups in total. The first kappa shape index (κ1) is 32.6. The van der Waals surface area contributed by atoms with E-state index in [1.807, 2.05) is 60.7 Å². The number of fused-ring (bicyclic) bond motifs is 2. The Morgan fingerprint density at radius 3 is 1.33 bits per heavy atom. The van der Waals surface area contributed by atoms with Gasteiger partial charge in [0.2, 0.25) is 0 Å². The monoisotopic (exact) mass is 654 g/mol. The third-order valence-electron chi connectivity index (χ3n) is 11.7. The zero-order valence-electron chi connectivity index (χ0n) is 28.9. The normalized spacial score (nSPS) is 23.2. The standard InChI is InChI=1S/C44H46O5/c1-6-32-36-20-38(40(47)22-34(36)24(3)42(32)26-8-14-29(45)15-9-26)44(28-12-18-31(49-5)19-13-28)39-21-37-33(7-2)43(25(4)35(37)23-41(39)48)27-10-16-30(46)17-11-27/h8-25,32-33,42-48H,6-7H2,1-5H3. The lowest BCUT2D eigenvalue weighted by Gasteiger charge is -2.25. The van der Waals surface area contributed by atoms with Crippen LogP contribution in [0.15, 0.2) is 97.1 Å². The summed E-state index contributed by atoms with van der Waals surface area (Å²) in [7, 11) is 1.65. The first-order valence-electron chi connectivity index (χ1n) is 17.6. The van der Waals surface area contributed by atoms with Gasteiger partial charge in [0.05, 0.1) is 7.11 Å². The Bertz CT molecular complexity index is 1840. The Kier molecular flexibility index (Phi) is 8.56. The summed E-state index contributed by atoms with van der Waals surface area (Å²) >= 11 is 0. The minimum atomic E-state index is -0.428. The van der Waals surface area contributed by atoms with E-state index in [2.05, 4.69) is 39.8 Å². The molecule has 0 saturated heterocycles. The molecule has 0 amide bonds. The van der Waals surface area contributed by atoms with Crippen LogP contribution in [-0.2, 0) is 0 Å². The number of hydrogen-bond acceptors (Lipinski definition) is 5. The Hall–Kier alpha value is -4.90. The van der Waals surface area contributed by atoms with Crippen molar-refractivity contribution in [1.82, 2.24) is 0 Å². The second-order valence-electron chi connectivity index (χ2n) is 14.1. The van der Waals surface area contributed by atoms with Crippen molar-refractivity contribution in [3.63, 3.8) is 0 Å². The summed E-state index contributed by atoms with van der Waals surface area (Å²) in [6, 6.07) is 31.3. The van der Waals surface area contributed by atoms with E-state index in [0.717, 1.165) is 46.4 Å². The van der Waals surface area contributed by atoms with Crippen molar-refractivity contribution in [3.05, 3.63) is 147 Å². The molecule has 252 valence electrons. The van der Waals surface area contributed by atoms with Gasteiger partial charge in [0, 0.05) is 17.0 Å². The van der Waals surface area contributed by atoms with Gasteiger partial charge in [-0.3, -0.25) is 0 Å². The molecule has 2 aliphatic carbocycles. The fourth-order valence-electron chi connectivity index (χ4n) is 9.35. The molecule has 0 saturated carbocycles. The van der Waals surface area contributed by atoms with Crippen molar-refractivity contribution < 1.29 is 25.2 Å².